The molecule has 0 radical (unpaired) electrons. The highest BCUT2D eigenvalue weighted by molar-refractivity contribution is 7.22. The second-order valence-corrected chi connectivity index (χ2v) is 8.18. The standard InChI is InChI=1S/C24H13FN4O3S/c25-13-9-10-17-20(11-13)33-24(27-17)29-23-26-16-7-3-1-5-14(16)22(28-23)32-19-12-21(30)31-18-8-4-2-6-15(18)19/h1-12H,(H,26,27,28,29). The van der Waals surface area contributed by atoms with Gasteiger partial charge < -0.3 is 9.15 Å². The largest absolute Gasteiger partial charge is 0.437 e. The lowest BCUT2D eigenvalue weighted by Crippen LogP contribution is -2.02. The van der Waals surface area contributed by atoms with Crippen LogP contribution in [0.3, 0.4) is 0 Å². The molecule has 1 N–H and O–H groups in total. The number of hydrogen-bond acceptors (Lipinski definition) is 8. The molecule has 0 bridgehead atoms. The van der Waals surface area contributed by atoms with Crippen LogP contribution in [0.1, 0.15) is 0 Å². The first-order valence-corrected chi connectivity index (χ1v) is 10.7. The predicted molar refractivity (Wildman–Crippen MR) is 125 cm³/mol. The number of nitrogens with zero attached hydrogens (tertiary/aromatic N) is 3. The molecule has 0 spiro atoms. The molecule has 0 unspecified atom stereocenters. The monoisotopic (exact) mass is 456 g/mol. The molecule has 0 aliphatic heterocycles. The Kier molecular flexibility index (Phi) is 4.48. The fourth-order valence-corrected chi connectivity index (χ4v) is 4.38. The summed E-state index contributed by atoms with van der Waals surface area (Å²) in [7, 11) is 0. The third kappa shape index (κ3) is 3.64. The minimum atomic E-state index is -0.526. The first-order valence-electron chi connectivity index (χ1n) is 9.93. The Morgan fingerprint density at radius 3 is 2.61 bits per heavy atom. The maximum absolute atomic E-state index is 13.5. The Bertz CT molecular complexity index is 1730. The average Bonchev–Trinajstić information content (AvgIpc) is 3.20. The molecule has 0 fully saturated rings. The number of benzene rings is 3. The molecule has 6 aromatic rings. The van der Waals surface area contributed by atoms with Crippen LogP contribution in [0.25, 0.3) is 32.1 Å². The van der Waals surface area contributed by atoms with E-state index in [0.717, 1.165) is 0 Å². The zero-order valence-electron chi connectivity index (χ0n) is 16.8. The highest BCUT2D eigenvalue weighted by atomic mass is 32.1. The van der Waals surface area contributed by atoms with Crippen molar-refractivity contribution >= 4 is 54.5 Å². The topological polar surface area (TPSA) is 90.1 Å². The molecule has 0 saturated heterocycles. The fourth-order valence-electron chi connectivity index (χ4n) is 3.50. The zero-order chi connectivity index (χ0) is 22.4. The van der Waals surface area contributed by atoms with Crippen LogP contribution in [-0.4, -0.2) is 15.0 Å². The number of ether oxygens (including phenoxy) is 1. The summed E-state index contributed by atoms with van der Waals surface area (Å²) in [6.45, 7) is 0. The van der Waals surface area contributed by atoms with Crippen molar-refractivity contribution in [2.24, 2.45) is 0 Å². The van der Waals surface area contributed by atoms with Gasteiger partial charge in [-0.15, -0.1) is 0 Å². The normalized spacial score (nSPS) is 11.3. The molecule has 33 heavy (non-hydrogen) atoms. The SMILES string of the molecule is O=c1cc(Oc2nc(Nc3nc4ccc(F)cc4s3)nc3ccccc23)c2ccccc2o1. The van der Waals surface area contributed by atoms with E-state index in [-0.39, 0.29) is 17.6 Å². The summed E-state index contributed by atoms with van der Waals surface area (Å²) in [4.78, 5) is 25.6. The fraction of sp³-hybridized carbons (Fsp3) is 0. The molecule has 3 aromatic carbocycles. The van der Waals surface area contributed by atoms with Crippen LogP contribution >= 0.6 is 11.3 Å². The van der Waals surface area contributed by atoms with Gasteiger partial charge in [-0.05, 0) is 42.5 Å². The quantitative estimate of drug-likeness (QED) is 0.324. The number of hydrogen-bond donors (Lipinski definition) is 1. The minimum absolute atomic E-state index is 0.260. The van der Waals surface area contributed by atoms with E-state index in [0.29, 0.717) is 43.0 Å². The van der Waals surface area contributed by atoms with Gasteiger partial charge in [0, 0.05) is 0 Å². The Balaban J connectivity index is 1.45. The van der Waals surface area contributed by atoms with Gasteiger partial charge in [0.15, 0.2) is 5.13 Å². The van der Waals surface area contributed by atoms with Crippen LogP contribution in [0.5, 0.6) is 11.6 Å². The molecule has 3 heterocycles. The zero-order valence-corrected chi connectivity index (χ0v) is 17.6. The van der Waals surface area contributed by atoms with Crippen molar-refractivity contribution in [2.45, 2.75) is 0 Å². The van der Waals surface area contributed by atoms with Gasteiger partial charge in [-0.25, -0.2) is 19.2 Å². The molecule has 0 aliphatic carbocycles. The lowest BCUT2D eigenvalue weighted by Gasteiger charge is -2.11. The molecule has 0 saturated carbocycles. The molecular weight excluding hydrogens is 443 g/mol. The summed E-state index contributed by atoms with van der Waals surface area (Å²) in [6, 6.07) is 20.2. The minimum Gasteiger partial charge on any atom is -0.437 e. The van der Waals surface area contributed by atoms with Crippen molar-refractivity contribution in [3.05, 3.63) is 89.0 Å². The van der Waals surface area contributed by atoms with Gasteiger partial charge in [0.2, 0.25) is 11.8 Å². The smallest absolute Gasteiger partial charge is 0.339 e. The summed E-state index contributed by atoms with van der Waals surface area (Å²) in [5.41, 5.74) is 1.20. The van der Waals surface area contributed by atoms with E-state index in [2.05, 4.69) is 20.3 Å². The number of para-hydroxylation sites is 2. The number of rotatable bonds is 4. The van der Waals surface area contributed by atoms with Crippen LogP contribution in [0, 0.1) is 5.82 Å². The number of fused-ring (bicyclic) bond motifs is 3. The highest BCUT2D eigenvalue weighted by Crippen LogP contribution is 2.33. The van der Waals surface area contributed by atoms with E-state index >= 15 is 0 Å². The van der Waals surface area contributed by atoms with E-state index in [1.807, 2.05) is 30.3 Å². The molecular formula is C24H13FN4O3S. The van der Waals surface area contributed by atoms with E-state index in [9.17, 15) is 9.18 Å². The molecule has 7 nitrogen and oxygen atoms in total. The van der Waals surface area contributed by atoms with Crippen molar-refractivity contribution in [3.8, 4) is 11.6 Å². The second kappa shape index (κ2) is 7.64. The summed E-state index contributed by atoms with van der Waals surface area (Å²) >= 11 is 1.29. The van der Waals surface area contributed by atoms with Gasteiger partial charge in [-0.2, -0.15) is 4.98 Å². The molecule has 0 aliphatic rings. The van der Waals surface area contributed by atoms with E-state index < -0.39 is 5.63 Å². The van der Waals surface area contributed by atoms with Crippen molar-refractivity contribution in [3.63, 3.8) is 0 Å². The number of nitrogens with one attached hydrogen (secondary N) is 1. The lowest BCUT2D eigenvalue weighted by molar-refractivity contribution is 0.463. The van der Waals surface area contributed by atoms with Crippen molar-refractivity contribution in [2.75, 3.05) is 5.32 Å². The maximum Gasteiger partial charge on any atom is 0.339 e. The van der Waals surface area contributed by atoms with Gasteiger partial charge >= 0.3 is 5.63 Å². The number of thiazole rings is 1. The first kappa shape index (κ1) is 19.3. The van der Waals surface area contributed by atoms with E-state index in [1.54, 1.807) is 24.3 Å². The Labute approximate surface area is 189 Å². The van der Waals surface area contributed by atoms with Gasteiger partial charge in [0.1, 0.15) is 17.1 Å². The average molecular weight is 456 g/mol. The maximum atomic E-state index is 13.5. The molecule has 6 rings (SSSR count). The summed E-state index contributed by atoms with van der Waals surface area (Å²) in [5, 5.41) is 4.91. The molecule has 160 valence electrons. The van der Waals surface area contributed by atoms with Crippen molar-refractivity contribution in [1.29, 1.82) is 0 Å². The van der Waals surface area contributed by atoms with Crippen LogP contribution in [0.4, 0.5) is 15.5 Å². The molecule has 9 heteroatoms. The number of halogens is 1. The van der Waals surface area contributed by atoms with Gasteiger partial charge in [0.25, 0.3) is 0 Å². The predicted octanol–water partition coefficient (Wildman–Crippen LogP) is 6.02. The Morgan fingerprint density at radius 2 is 1.70 bits per heavy atom. The van der Waals surface area contributed by atoms with Crippen LogP contribution in [0.15, 0.2) is 82.0 Å². The van der Waals surface area contributed by atoms with Crippen LogP contribution in [0.2, 0.25) is 0 Å². The van der Waals surface area contributed by atoms with Gasteiger partial charge in [0.05, 0.1) is 32.6 Å². The molecule has 0 atom stereocenters. The van der Waals surface area contributed by atoms with E-state index in [1.165, 1.54) is 29.5 Å². The highest BCUT2D eigenvalue weighted by Gasteiger charge is 2.14. The van der Waals surface area contributed by atoms with Gasteiger partial charge in [-0.1, -0.05) is 35.6 Å². The number of anilines is 2. The first-order chi connectivity index (χ1) is 16.1. The molecule has 3 aromatic heterocycles. The van der Waals surface area contributed by atoms with E-state index in [4.69, 9.17) is 9.15 Å². The van der Waals surface area contributed by atoms with Crippen molar-refractivity contribution < 1.29 is 13.5 Å². The molecule has 0 amide bonds. The van der Waals surface area contributed by atoms with Crippen molar-refractivity contribution in [1.82, 2.24) is 15.0 Å². The Hall–Kier alpha value is -4.37. The second-order valence-electron chi connectivity index (χ2n) is 7.15. The van der Waals surface area contributed by atoms with Crippen LogP contribution in [-0.2, 0) is 0 Å². The Morgan fingerprint density at radius 1 is 0.879 bits per heavy atom. The summed E-state index contributed by atoms with van der Waals surface area (Å²) < 4.78 is 25.6. The van der Waals surface area contributed by atoms with Crippen LogP contribution < -0.4 is 15.7 Å². The summed E-state index contributed by atoms with van der Waals surface area (Å²) in [6.07, 6.45) is 0. The summed E-state index contributed by atoms with van der Waals surface area (Å²) in [5.74, 6) is 0.531. The van der Waals surface area contributed by atoms with Gasteiger partial charge in [-0.3, -0.25) is 5.32 Å². The lowest BCUT2D eigenvalue weighted by atomic mass is 10.2. The third-order valence-electron chi connectivity index (χ3n) is 4.96. The third-order valence-corrected chi connectivity index (χ3v) is 5.89. The number of aromatic nitrogens is 3.